The smallest absolute Gasteiger partial charge is 0.243 e. The third-order valence-electron chi connectivity index (χ3n) is 7.84. The van der Waals surface area contributed by atoms with Crippen molar-refractivity contribution >= 4 is 41.0 Å². The van der Waals surface area contributed by atoms with Gasteiger partial charge < -0.3 is 20.1 Å². The van der Waals surface area contributed by atoms with Crippen LogP contribution < -0.4 is 11.1 Å². The number of nitrogens with one attached hydrogen (secondary N) is 2. The van der Waals surface area contributed by atoms with E-state index in [0.717, 1.165) is 10.4 Å². The molecule has 1 fully saturated rings. The number of fused-ring (bicyclic) bond motifs is 3. The summed E-state index contributed by atoms with van der Waals surface area (Å²) in [5, 5.41) is 12.5. The zero-order chi connectivity index (χ0) is 27.9. The summed E-state index contributed by atoms with van der Waals surface area (Å²) in [6.45, 7) is 6.74. The number of carbonyl (C=O) groups is 2. The van der Waals surface area contributed by atoms with E-state index < -0.39 is 6.04 Å². The zero-order valence-corrected chi connectivity index (χ0v) is 24.2. The van der Waals surface area contributed by atoms with Crippen LogP contribution in [0.3, 0.4) is 0 Å². The summed E-state index contributed by atoms with van der Waals surface area (Å²) in [6, 6.07) is 15.7. The predicted molar refractivity (Wildman–Crippen MR) is 158 cm³/mol. The molecule has 2 amide bonds. The molecule has 1 unspecified atom stereocenters. The van der Waals surface area contributed by atoms with Crippen molar-refractivity contribution in [2.45, 2.75) is 57.2 Å². The number of nitrogens with two attached hydrogens (primary N) is 1. The van der Waals surface area contributed by atoms with Gasteiger partial charge in [0.05, 0.1) is 18.6 Å². The average Bonchev–Trinajstić information content (AvgIpc) is 3.61. The Labute approximate surface area is 237 Å². The number of thiophene rings is 1. The van der Waals surface area contributed by atoms with Gasteiger partial charge in [0.15, 0.2) is 0 Å². The summed E-state index contributed by atoms with van der Waals surface area (Å²) in [5.41, 5.74) is 12.0. The van der Waals surface area contributed by atoms with Crippen LogP contribution in [0.15, 0.2) is 53.9 Å². The zero-order valence-electron chi connectivity index (χ0n) is 22.6. The topological polar surface area (TPSA) is 109 Å². The van der Waals surface area contributed by atoms with E-state index in [1.165, 1.54) is 45.6 Å². The minimum atomic E-state index is -0.613. The molecule has 39 heavy (non-hydrogen) atoms. The highest BCUT2D eigenvalue weighted by molar-refractivity contribution is 7.93. The second-order valence-electron chi connectivity index (χ2n) is 10.8. The molecule has 3 aromatic rings. The summed E-state index contributed by atoms with van der Waals surface area (Å²) < 4.78 is 5.76. The largest absolute Gasteiger partial charge is 0.384 e. The number of nitrogen functional groups attached to an aromatic ring is 1. The van der Waals surface area contributed by atoms with Crippen molar-refractivity contribution in [3.63, 3.8) is 0 Å². The monoisotopic (exact) mass is 562 g/mol. The number of hydrogen-bond donors (Lipinski definition) is 3. The van der Waals surface area contributed by atoms with Gasteiger partial charge in [-0.05, 0) is 52.9 Å². The van der Waals surface area contributed by atoms with Gasteiger partial charge in [0.2, 0.25) is 11.8 Å². The first-order chi connectivity index (χ1) is 18.6. The van der Waals surface area contributed by atoms with Crippen molar-refractivity contribution < 1.29 is 13.8 Å². The van der Waals surface area contributed by atoms with E-state index in [0.29, 0.717) is 18.5 Å². The number of nitrogens with zero attached hydrogens (tertiary/aromatic N) is 1. The van der Waals surface area contributed by atoms with Crippen molar-refractivity contribution in [1.29, 1.82) is 5.41 Å². The van der Waals surface area contributed by atoms with Crippen LogP contribution in [0.4, 0.5) is 0 Å². The van der Waals surface area contributed by atoms with Crippen LogP contribution >= 0.6 is 23.4 Å². The van der Waals surface area contributed by atoms with Gasteiger partial charge >= 0.3 is 0 Å². The first-order valence-corrected chi connectivity index (χ1v) is 15.1. The lowest BCUT2D eigenvalue weighted by Crippen LogP contribution is -2.47. The second kappa shape index (κ2) is 10.8. The number of carbonyl (C=O) groups excluding carboxylic acids is 2. The minimum absolute atomic E-state index is 0.000691. The second-order valence-corrected chi connectivity index (χ2v) is 12.3. The quantitative estimate of drug-likeness (QED) is 0.203. The maximum Gasteiger partial charge on any atom is 0.243 e. The molecule has 0 spiro atoms. The molecule has 4 N–H and O–H groups in total. The van der Waals surface area contributed by atoms with Gasteiger partial charge in [-0.1, -0.05) is 56.3 Å². The molecule has 1 saturated heterocycles. The first kappa shape index (κ1) is 27.4. The van der Waals surface area contributed by atoms with E-state index in [4.69, 9.17) is 15.3 Å². The fourth-order valence-electron chi connectivity index (χ4n) is 5.78. The highest BCUT2D eigenvalue weighted by atomic mass is 32.2. The number of likely N-dealkylation sites (tertiary alicyclic amines) is 1. The predicted octanol–water partition coefficient (Wildman–Crippen LogP) is 5.02. The molecule has 9 heteroatoms. The maximum atomic E-state index is 13.6. The minimum Gasteiger partial charge on any atom is -0.384 e. The van der Waals surface area contributed by atoms with Gasteiger partial charge in [0, 0.05) is 40.5 Å². The van der Waals surface area contributed by atoms with E-state index in [1.54, 1.807) is 4.90 Å². The molecule has 2 aliphatic rings. The molecule has 2 heterocycles. The third-order valence-corrected chi connectivity index (χ3v) is 9.42. The van der Waals surface area contributed by atoms with Crippen LogP contribution in [-0.2, 0) is 25.6 Å². The van der Waals surface area contributed by atoms with Gasteiger partial charge in [-0.15, -0.1) is 11.3 Å². The van der Waals surface area contributed by atoms with Gasteiger partial charge in [-0.3, -0.25) is 15.0 Å². The van der Waals surface area contributed by atoms with Crippen LogP contribution in [0, 0.1) is 5.41 Å². The molecule has 2 aromatic carbocycles. The summed E-state index contributed by atoms with van der Waals surface area (Å²) >= 11 is 2.70. The fraction of sp³-hybridized carbons (Fsp3) is 0.367. The molecule has 0 saturated carbocycles. The summed E-state index contributed by atoms with van der Waals surface area (Å²) in [5.74, 6) is -0.291. The van der Waals surface area contributed by atoms with Crippen molar-refractivity contribution in [2.24, 2.45) is 5.73 Å². The lowest BCUT2D eigenvalue weighted by molar-refractivity contribution is -0.138. The summed E-state index contributed by atoms with van der Waals surface area (Å²) in [7, 11) is 0. The van der Waals surface area contributed by atoms with Crippen molar-refractivity contribution in [3.05, 3.63) is 81.0 Å². The SMILES string of the molecule is CSO[C@@H]1CC(C(=O)N[C@H](C)c2cc(C(=N)N)cs2)N(C(=O)Cc2ccc3c(c2)-c2ccccc2C3(C)C)C1. The molecule has 1 aromatic heterocycles. The molecular weight excluding hydrogens is 528 g/mol. The molecule has 7 nitrogen and oxygen atoms in total. The number of amidine groups is 1. The third kappa shape index (κ3) is 5.23. The van der Waals surface area contributed by atoms with Gasteiger partial charge in [0.25, 0.3) is 0 Å². The van der Waals surface area contributed by atoms with Crippen molar-refractivity contribution in [2.75, 3.05) is 12.8 Å². The van der Waals surface area contributed by atoms with Crippen LogP contribution in [0.5, 0.6) is 0 Å². The Morgan fingerprint density at radius 3 is 2.67 bits per heavy atom. The van der Waals surface area contributed by atoms with Crippen LogP contribution in [0.2, 0.25) is 0 Å². The number of hydrogen-bond acceptors (Lipinski definition) is 6. The molecule has 3 atom stereocenters. The summed E-state index contributed by atoms with van der Waals surface area (Å²) in [6.07, 6.45) is 2.29. The van der Waals surface area contributed by atoms with Gasteiger partial charge in [-0.2, -0.15) is 0 Å². The van der Waals surface area contributed by atoms with E-state index in [9.17, 15) is 9.59 Å². The van der Waals surface area contributed by atoms with Gasteiger partial charge in [-0.25, -0.2) is 0 Å². The van der Waals surface area contributed by atoms with Crippen LogP contribution in [0.25, 0.3) is 11.1 Å². The standard InChI is InChI=1S/C30H34N4O3S2/c1-17(26-13-19(16-39-26)28(31)32)33-29(36)25-14-20(37-38-4)15-34(25)27(35)12-18-9-10-24-22(11-18)21-7-5-6-8-23(21)30(24,2)3/h5-11,13,16-17,20,25H,12,14-15H2,1-4H3,(H3,31,32)(H,33,36)/t17-,20-,25?/m1/s1. The number of amides is 2. The Hall–Kier alpha value is -3.14. The maximum absolute atomic E-state index is 13.6. The molecule has 5 rings (SSSR count). The highest BCUT2D eigenvalue weighted by Crippen LogP contribution is 2.48. The van der Waals surface area contributed by atoms with E-state index in [2.05, 4.69) is 55.6 Å². The normalized spacial score (nSPS) is 19.8. The molecule has 0 radical (unpaired) electrons. The first-order valence-electron chi connectivity index (χ1n) is 13.1. The Kier molecular flexibility index (Phi) is 7.59. The number of rotatable bonds is 8. The molecule has 204 valence electrons. The Balaban J connectivity index is 1.33. The molecule has 1 aliphatic heterocycles. The van der Waals surface area contributed by atoms with Crippen molar-refractivity contribution in [3.8, 4) is 11.1 Å². The van der Waals surface area contributed by atoms with Crippen LogP contribution in [-0.4, -0.2) is 47.5 Å². The Morgan fingerprint density at radius 1 is 1.21 bits per heavy atom. The van der Waals surface area contributed by atoms with Crippen molar-refractivity contribution in [1.82, 2.24) is 10.2 Å². The average molecular weight is 563 g/mol. The Bertz CT molecular complexity index is 1430. The van der Waals surface area contributed by atoms with E-state index in [-0.39, 0.29) is 41.6 Å². The number of benzene rings is 2. The van der Waals surface area contributed by atoms with Crippen LogP contribution in [0.1, 0.15) is 60.4 Å². The summed E-state index contributed by atoms with van der Waals surface area (Å²) in [4.78, 5) is 29.6. The van der Waals surface area contributed by atoms with E-state index in [1.807, 2.05) is 30.7 Å². The van der Waals surface area contributed by atoms with E-state index >= 15 is 0 Å². The highest BCUT2D eigenvalue weighted by Gasteiger charge is 2.41. The fourth-order valence-corrected chi connectivity index (χ4v) is 7.11. The molecular formula is C30H34N4O3S2. The Morgan fingerprint density at radius 2 is 1.95 bits per heavy atom. The lowest BCUT2D eigenvalue weighted by Gasteiger charge is -2.25. The molecule has 0 bridgehead atoms. The lowest BCUT2D eigenvalue weighted by atomic mass is 9.82. The molecule has 1 aliphatic carbocycles. The van der Waals surface area contributed by atoms with Gasteiger partial charge in [0.1, 0.15) is 11.9 Å².